The molecule has 98 valence electrons. The van der Waals surface area contributed by atoms with Gasteiger partial charge in [0.15, 0.2) is 0 Å². The van der Waals surface area contributed by atoms with Crippen molar-refractivity contribution in [2.45, 2.75) is 50.5 Å². The minimum atomic E-state index is 0.304. The van der Waals surface area contributed by atoms with Gasteiger partial charge in [0.1, 0.15) is 5.75 Å². The number of rotatable bonds is 3. The van der Waals surface area contributed by atoms with Crippen LogP contribution in [0, 0.1) is 5.92 Å². The summed E-state index contributed by atoms with van der Waals surface area (Å²) >= 11 is 0. The molecule has 2 unspecified atom stereocenters. The number of hydrogen-bond donors (Lipinski definition) is 1. The van der Waals surface area contributed by atoms with E-state index in [-0.39, 0.29) is 0 Å². The summed E-state index contributed by atoms with van der Waals surface area (Å²) in [5.41, 5.74) is 7.82. The van der Waals surface area contributed by atoms with Gasteiger partial charge in [-0.25, -0.2) is 0 Å². The first-order valence-corrected chi connectivity index (χ1v) is 7.32. The van der Waals surface area contributed by atoms with E-state index in [4.69, 9.17) is 10.5 Å². The van der Waals surface area contributed by atoms with Gasteiger partial charge in [-0.3, -0.25) is 0 Å². The van der Waals surface area contributed by atoms with Crippen LogP contribution in [-0.4, -0.2) is 12.6 Å². The maximum atomic E-state index is 6.49. The lowest BCUT2D eigenvalue weighted by atomic mass is 9.82. The first kappa shape index (κ1) is 12.0. The fourth-order valence-electron chi connectivity index (χ4n) is 3.61. The molecule has 2 nitrogen and oxygen atoms in total. The first-order chi connectivity index (χ1) is 8.84. The highest BCUT2D eigenvalue weighted by molar-refractivity contribution is 5.38. The number of para-hydroxylation sites is 1. The Bertz CT molecular complexity index is 398. The van der Waals surface area contributed by atoms with E-state index in [0.717, 1.165) is 24.7 Å². The molecule has 18 heavy (non-hydrogen) atoms. The Balaban J connectivity index is 1.72. The predicted molar refractivity (Wildman–Crippen MR) is 73.8 cm³/mol. The molecule has 0 saturated heterocycles. The summed E-state index contributed by atoms with van der Waals surface area (Å²) in [4.78, 5) is 0. The highest BCUT2D eigenvalue weighted by atomic mass is 16.5. The van der Waals surface area contributed by atoms with Gasteiger partial charge in [0, 0.05) is 12.0 Å². The maximum absolute atomic E-state index is 6.49. The molecule has 2 N–H and O–H groups in total. The molecule has 0 spiro atoms. The minimum Gasteiger partial charge on any atom is -0.493 e. The highest BCUT2D eigenvalue weighted by Gasteiger charge is 2.29. The largest absolute Gasteiger partial charge is 0.493 e. The molecule has 1 aromatic carbocycles. The molecule has 1 aliphatic carbocycles. The van der Waals surface area contributed by atoms with Crippen molar-refractivity contribution < 1.29 is 4.74 Å². The average molecular weight is 245 g/mol. The molecule has 0 aromatic heterocycles. The second kappa shape index (κ2) is 5.31. The molecule has 1 saturated carbocycles. The molecule has 1 aliphatic heterocycles. The van der Waals surface area contributed by atoms with E-state index < -0.39 is 0 Å². The third kappa shape index (κ3) is 2.39. The van der Waals surface area contributed by atoms with E-state index in [0.29, 0.717) is 12.0 Å². The molecule has 2 heteroatoms. The van der Waals surface area contributed by atoms with Crippen LogP contribution in [0.1, 0.15) is 50.0 Å². The van der Waals surface area contributed by atoms with Gasteiger partial charge in [0.25, 0.3) is 0 Å². The van der Waals surface area contributed by atoms with Crippen LogP contribution in [-0.2, 0) is 0 Å². The van der Waals surface area contributed by atoms with Crippen molar-refractivity contribution in [1.82, 2.24) is 0 Å². The molecule has 0 amide bonds. The number of hydrogen-bond acceptors (Lipinski definition) is 2. The van der Waals surface area contributed by atoms with Crippen molar-refractivity contribution in [3.8, 4) is 5.75 Å². The molecule has 0 bridgehead atoms. The molecular weight excluding hydrogens is 222 g/mol. The zero-order valence-electron chi connectivity index (χ0n) is 11.0. The van der Waals surface area contributed by atoms with Crippen LogP contribution in [0.5, 0.6) is 5.75 Å². The molecule has 1 aromatic rings. The smallest absolute Gasteiger partial charge is 0.122 e. The van der Waals surface area contributed by atoms with E-state index >= 15 is 0 Å². The molecule has 1 fully saturated rings. The monoisotopic (exact) mass is 245 g/mol. The van der Waals surface area contributed by atoms with Crippen LogP contribution in [0.15, 0.2) is 24.3 Å². The van der Waals surface area contributed by atoms with Crippen molar-refractivity contribution in [2.24, 2.45) is 11.7 Å². The highest BCUT2D eigenvalue weighted by Crippen LogP contribution is 2.38. The fraction of sp³-hybridized carbons (Fsp3) is 0.625. The van der Waals surface area contributed by atoms with Crippen LogP contribution in [0.3, 0.4) is 0 Å². The Morgan fingerprint density at radius 3 is 2.78 bits per heavy atom. The third-order valence-electron chi connectivity index (χ3n) is 4.60. The van der Waals surface area contributed by atoms with Gasteiger partial charge in [-0.1, -0.05) is 43.9 Å². The zero-order chi connectivity index (χ0) is 12.4. The fourth-order valence-corrected chi connectivity index (χ4v) is 3.61. The van der Waals surface area contributed by atoms with E-state index in [1.165, 1.54) is 37.7 Å². The first-order valence-electron chi connectivity index (χ1n) is 7.32. The summed E-state index contributed by atoms with van der Waals surface area (Å²) in [6.45, 7) is 0.819. The van der Waals surface area contributed by atoms with Crippen molar-refractivity contribution in [1.29, 1.82) is 0 Å². The summed E-state index contributed by atoms with van der Waals surface area (Å²) < 4.78 is 5.72. The van der Waals surface area contributed by atoms with Crippen LogP contribution >= 0.6 is 0 Å². The second-order valence-electron chi connectivity index (χ2n) is 5.83. The van der Waals surface area contributed by atoms with Gasteiger partial charge in [-0.2, -0.15) is 0 Å². The van der Waals surface area contributed by atoms with Crippen molar-refractivity contribution in [3.05, 3.63) is 29.8 Å². The van der Waals surface area contributed by atoms with Crippen molar-refractivity contribution in [3.63, 3.8) is 0 Å². The summed E-state index contributed by atoms with van der Waals surface area (Å²) in [6, 6.07) is 8.71. The summed E-state index contributed by atoms with van der Waals surface area (Å²) in [5.74, 6) is 2.42. The molecular formula is C16H23NO. The van der Waals surface area contributed by atoms with E-state index in [2.05, 4.69) is 18.2 Å². The van der Waals surface area contributed by atoms with Gasteiger partial charge in [-0.05, 0) is 30.4 Å². The summed E-state index contributed by atoms with van der Waals surface area (Å²) in [5, 5.41) is 0. The normalized spacial score (nSPS) is 25.5. The molecule has 3 rings (SSSR count). The number of fused-ring (bicyclic) bond motifs is 1. The summed E-state index contributed by atoms with van der Waals surface area (Å²) in [7, 11) is 0. The number of nitrogens with two attached hydrogens (primary N) is 1. The van der Waals surface area contributed by atoms with Crippen LogP contribution in [0.4, 0.5) is 0 Å². The predicted octanol–water partition coefficient (Wildman–Crippen LogP) is 3.46. The molecule has 2 aliphatic rings. The van der Waals surface area contributed by atoms with E-state index in [9.17, 15) is 0 Å². The standard InChI is InChI=1S/C16H23NO/c17-15(11-12-5-1-2-6-12)13-9-10-18-16-8-4-3-7-14(13)16/h3-4,7-8,12-13,15H,1-2,5-6,9-11,17H2. The van der Waals surface area contributed by atoms with Crippen LogP contribution < -0.4 is 10.5 Å². The minimum absolute atomic E-state index is 0.304. The lowest BCUT2D eigenvalue weighted by Gasteiger charge is -2.31. The topological polar surface area (TPSA) is 35.2 Å². The van der Waals surface area contributed by atoms with Gasteiger partial charge >= 0.3 is 0 Å². The lowest BCUT2D eigenvalue weighted by Crippen LogP contribution is -2.33. The van der Waals surface area contributed by atoms with Gasteiger partial charge in [0.05, 0.1) is 6.61 Å². The molecule has 2 atom stereocenters. The van der Waals surface area contributed by atoms with Gasteiger partial charge in [0.2, 0.25) is 0 Å². The van der Waals surface area contributed by atoms with Crippen LogP contribution in [0.2, 0.25) is 0 Å². The lowest BCUT2D eigenvalue weighted by molar-refractivity contribution is 0.246. The number of benzene rings is 1. The van der Waals surface area contributed by atoms with Crippen molar-refractivity contribution in [2.75, 3.05) is 6.61 Å². The molecule has 1 heterocycles. The third-order valence-corrected chi connectivity index (χ3v) is 4.60. The van der Waals surface area contributed by atoms with Crippen LogP contribution in [0.25, 0.3) is 0 Å². The SMILES string of the molecule is NC(CC1CCCC1)C1CCOc2ccccc21. The Morgan fingerprint density at radius 2 is 1.94 bits per heavy atom. The maximum Gasteiger partial charge on any atom is 0.122 e. The number of ether oxygens (including phenoxy) is 1. The Kier molecular flexibility index (Phi) is 3.55. The van der Waals surface area contributed by atoms with Gasteiger partial charge in [-0.15, -0.1) is 0 Å². The van der Waals surface area contributed by atoms with Gasteiger partial charge < -0.3 is 10.5 Å². The van der Waals surface area contributed by atoms with E-state index in [1.807, 2.05) is 6.07 Å². The molecule has 0 radical (unpaired) electrons. The van der Waals surface area contributed by atoms with E-state index in [1.54, 1.807) is 0 Å². The summed E-state index contributed by atoms with van der Waals surface area (Å²) in [6.07, 6.45) is 7.85. The average Bonchev–Trinajstić information content (AvgIpc) is 2.91. The Hall–Kier alpha value is -1.02. The second-order valence-corrected chi connectivity index (χ2v) is 5.83. The quantitative estimate of drug-likeness (QED) is 0.885. The Morgan fingerprint density at radius 1 is 1.17 bits per heavy atom. The Labute approximate surface area is 110 Å². The van der Waals surface area contributed by atoms with Crippen molar-refractivity contribution >= 4 is 0 Å². The zero-order valence-corrected chi connectivity index (χ0v) is 11.0.